The van der Waals surface area contributed by atoms with E-state index in [0.29, 0.717) is 0 Å². The van der Waals surface area contributed by atoms with Crippen LogP contribution in [0.2, 0.25) is 0 Å². The Morgan fingerprint density at radius 3 is 2.55 bits per heavy atom. The number of nitrogens with two attached hydrogens (primary N) is 1. The smallest absolute Gasteiger partial charge is 0.416 e. The predicted molar refractivity (Wildman–Crippen MR) is 93.0 cm³/mol. The summed E-state index contributed by atoms with van der Waals surface area (Å²) in [7, 11) is 0. The number of hydrogen-bond acceptors (Lipinski definition) is 6. The molecule has 2 aromatic heterocycles. The Kier molecular flexibility index (Phi) is 4.98. The molecule has 0 radical (unpaired) electrons. The molecule has 2 amide bonds. The fraction of sp³-hybridized carbons (Fsp3) is 0.176. The van der Waals surface area contributed by atoms with Crippen molar-refractivity contribution in [2.24, 2.45) is 0 Å². The van der Waals surface area contributed by atoms with Gasteiger partial charge in [0.15, 0.2) is 11.6 Å². The molecule has 0 bridgehead atoms. The fourth-order valence-electron chi connectivity index (χ4n) is 2.66. The molecule has 0 aliphatic heterocycles. The number of furan rings is 1. The number of carbonyl (C=O) groups is 1. The molecule has 0 aliphatic carbocycles. The maximum Gasteiger partial charge on any atom is 0.416 e. The van der Waals surface area contributed by atoms with Gasteiger partial charge in [-0.15, -0.1) is 0 Å². The van der Waals surface area contributed by atoms with Crippen LogP contribution in [0.3, 0.4) is 0 Å². The number of anilines is 2. The van der Waals surface area contributed by atoms with Crippen LogP contribution in [0.15, 0.2) is 28.9 Å². The van der Waals surface area contributed by atoms with Crippen LogP contribution in [-0.4, -0.2) is 22.2 Å². The van der Waals surface area contributed by atoms with E-state index >= 15 is 0 Å². The third-order valence-electron chi connectivity index (χ3n) is 3.95. The van der Waals surface area contributed by atoms with E-state index in [4.69, 9.17) is 15.4 Å². The topological polar surface area (TPSA) is 130 Å². The van der Waals surface area contributed by atoms with E-state index < -0.39 is 29.8 Å². The first kappa shape index (κ1) is 19.9. The molecular formula is C17H12F4N6O2. The SMILES string of the molecule is Cc1c(C(NC(=O)Nc2cnc(N)nc2)C(F)(F)F)oc2c(C#N)cc(F)cc12. The zero-order valence-electron chi connectivity index (χ0n) is 14.6. The van der Waals surface area contributed by atoms with Gasteiger partial charge < -0.3 is 20.8 Å². The van der Waals surface area contributed by atoms with E-state index in [1.807, 2.05) is 0 Å². The van der Waals surface area contributed by atoms with Crippen LogP contribution in [0.4, 0.5) is 34.0 Å². The molecule has 0 aliphatic rings. The van der Waals surface area contributed by atoms with Crippen molar-refractivity contribution in [1.29, 1.82) is 5.26 Å². The molecule has 1 unspecified atom stereocenters. The number of nitrogens with one attached hydrogen (secondary N) is 2. The Labute approximate surface area is 160 Å². The van der Waals surface area contributed by atoms with Crippen molar-refractivity contribution >= 4 is 28.6 Å². The van der Waals surface area contributed by atoms with Crippen LogP contribution < -0.4 is 16.4 Å². The summed E-state index contributed by atoms with van der Waals surface area (Å²) in [5, 5.41) is 13.0. The number of hydrogen-bond donors (Lipinski definition) is 3. The summed E-state index contributed by atoms with van der Waals surface area (Å²) in [5.74, 6) is -1.55. The van der Waals surface area contributed by atoms with Crippen molar-refractivity contribution in [3.05, 3.63) is 47.2 Å². The fourth-order valence-corrected chi connectivity index (χ4v) is 2.66. The molecule has 4 N–H and O–H groups in total. The van der Waals surface area contributed by atoms with E-state index in [2.05, 4.69) is 15.3 Å². The van der Waals surface area contributed by atoms with Crippen LogP contribution in [0.5, 0.6) is 0 Å². The Morgan fingerprint density at radius 1 is 1.31 bits per heavy atom. The van der Waals surface area contributed by atoms with Gasteiger partial charge in [-0.25, -0.2) is 19.2 Å². The van der Waals surface area contributed by atoms with Gasteiger partial charge in [-0.05, 0) is 19.1 Å². The van der Waals surface area contributed by atoms with Crippen molar-refractivity contribution in [3.8, 4) is 6.07 Å². The van der Waals surface area contributed by atoms with Crippen molar-refractivity contribution in [3.63, 3.8) is 0 Å². The second kappa shape index (κ2) is 7.27. The quantitative estimate of drug-likeness (QED) is 0.568. The molecule has 150 valence electrons. The highest BCUT2D eigenvalue weighted by Gasteiger charge is 2.45. The van der Waals surface area contributed by atoms with Gasteiger partial charge in [0.2, 0.25) is 5.95 Å². The Balaban J connectivity index is 1.97. The predicted octanol–water partition coefficient (Wildman–Crippen LogP) is 3.55. The second-order valence-corrected chi connectivity index (χ2v) is 5.94. The normalized spacial score (nSPS) is 12.4. The highest BCUT2D eigenvalue weighted by molar-refractivity contribution is 5.90. The molecule has 1 atom stereocenters. The molecule has 0 spiro atoms. The molecule has 0 fully saturated rings. The van der Waals surface area contributed by atoms with Crippen LogP contribution in [-0.2, 0) is 0 Å². The summed E-state index contributed by atoms with van der Waals surface area (Å²) in [6.45, 7) is 1.27. The lowest BCUT2D eigenvalue weighted by molar-refractivity contribution is -0.158. The molecular weight excluding hydrogens is 396 g/mol. The summed E-state index contributed by atoms with van der Waals surface area (Å²) in [4.78, 5) is 19.3. The second-order valence-electron chi connectivity index (χ2n) is 5.94. The molecule has 2 heterocycles. The van der Waals surface area contributed by atoms with E-state index in [9.17, 15) is 22.4 Å². The van der Waals surface area contributed by atoms with Crippen LogP contribution >= 0.6 is 0 Å². The Hall–Kier alpha value is -3.88. The summed E-state index contributed by atoms with van der Waals surface area (Å²) in [6, 6.07) is -0.301. The summed E-state index contributed by atoms with van der Waals surface area (Å²) >= 11 is 0. The largest absolute Gasteiger partial charge is 0.457 e. The van der Waals surface area contributed by atoms with E-state index in [1.165, 1.54) is 6.92 Å². The highest BCUT2D eigenvalue weighted by atomic mass is 19.4. The van der Waals surface area contributed by atoms with Gasteiger partial charge in [0.05, 0.1) is 23.6 Å². The lowest BCUT2D eigenvalue weighted by atomic mass is 10.1. The number of fused-ring (bicyclic) bond motifs is 1. The van der Waals surface area contributed by atoms with Crippen molar-refractivity contribution in [2.45, 2.75) is 19.1 Å². The average molecular weight is 408 g/mol. The van der Waals surface area contributed by atoms with Crippen LogP contribution in [0.1, 0.15) is 22.9 Å². The maximum absolute atomic E-state index is 13.7. The van der Waals surface area contributed by atoms with Gasteiger partial charge in [-0.2, -0.15) is 18.4 Å². The van der Waals surface area contributed by atoms with E-state index in [0.717, 1.165) is 24.5 Å². The lowest BCUT2D eigenvalue weighted by Crippen LogP contribution is -2.40. The minimum atomic E-state index is -4.95. The van der Waals surface area contributed by atoms with Gasteiger partial charge in [0.1, 0.15) is 17.6 Å². The van der Waals surface area contributed by atoms with Gasteiger partial charge >= 0.3 is 12.2 Å². The first-order chi connectivity index (χ1) is 13.6. The van der Waals surface area contributed by atoms with Crippen LogP contribution in [0.25, 0.3) is 11.0 Å². The minimum absolute atomic E-state index is 0.0000530. The van der Waals surface area contributed by atoms with Crippen molar-refractivity contribution in [1.82, 2.24) is 15.3 Å². The third kappa shape index (κ3) is 4.03. The number of amides is 2. The number of aryl methyl sites for hydroxylation is 1. The maximum atomic E-state index is 13.7. The first-order valence-corrected chi connectivity index (χ1v) is 7.94. The van der Waals surface area contributed by atoms with Gasteiger partial charge in [0.25, 0.3) is 0 Å². The molecule has 29 heavy (non-hydrogen) atoms. The standard InChI is InChI=1S/C17H12F4N6O2/c1-7-11-3-9(18)2-8(4-22)13(11)29-12(7)14(17(19,20)21)27-16(28)26-10-5-24-15(23)25-6-10/h2-3,5-6,14H,1H3,(H2,23,24,25)(H2,26,27,28). The molecule has 0 saturated heterocycles. The van der Waals surface area contributed by atoms with E-state index in [-0.39, 0.29) is 33.7 Å². The zero-order valence-corrected chi connectivity index (χ0v) is 14.6. The Bertz CT molecular complexity index is 1120. The monoisotopic (exact) mass is 408 g/mol. The minimum Gasteiger partial charge on any atom is -0.457 e. The third-order valence-corrected chi connectivity index (χ3v) is 3.95. The number of halogens is 4. The highest BCUT2D eigenvalue weighted by Crippen LogP contribution is 2.39. The van der Waals surface area contributed by atoms with E-state index in [1.54, 1.807) is 11.4 Å². The average Bonchev–Trinajstić information content (AvgIpc) is 2.96. The summed E-state index contributed by atoms with van der Waals surface area (Å²) in [5.41, 5.74) is 4.78. The summed E-state index contributed by atoms with van der Waals surface area (Å²) in [6.07, 6.45) is -2.73. The summed E-state index contributed by atoms with van der Waals surface area (Å²) < 4.78 is 59.8. The lowest BCUT2D eigenvalue weighted by Gasteiger charge is -2.20. The van der Waals surface area contributed by atoms with Gasteiger partial charge in [0, 0.05) is 10.9 Å². The number of benzene rings is 1. The van der Waals surface area contributed by atoms with Gasteiger partial charge in [-0.3, -0.25) is 0 Å². The van der Waals surface area contributed by atoms with Crippen LogP contribution in [0, 0.1) is 24.1 Å². The number of alkyl halides is 3. The molecule has 12 heteroatoms. The van der Waals surface area contributed by atoms with Crippen molar-refractivity contribution < 1.29 is 26.8 Å². The number of carbonyl (C=O) groups excluding carboxylic acids is 1. The number of aromatic nitrogens is 2. The molecule has 8 nitrogen and oxygen atoms in total. The molecule has 0 saturated carbocycles. The number of rotatable bonds is 3. The number of nitrogen functional groups attached to an aromatic ring is 1. The van der Waals surface area contributed by atoms with Crippen molar-refractivity contribution in [2.75, 3.05) is 11.1 Å². The molecule has 3 rings (SSSR count). The van der Waals surface area contributed by atoms with Gasteiger partial charge in [-0.1, -0.05) is 0 Å². The molecule has 3 aromatic rings. The molecule has 1 aromatic carbocycles. The first-order valence-electron chi connectivity index (χ1n) is 7.94. The number of nitrogens with zero attached hydrogens (tertiary/aromatic N) is 3. The zero-order chi connectivity index (χ0) is 21.3. The Morgan fingerprint density at radius 2 is 1.97 bits per heavy atom. The number of urea groups is 1. The number of nitriles is 1.